The molecule has 0 spiro atoms. The Morgan fingerprint density at radius 1 is 1.42 bits per heavy atom. The van der Waals surface area contributed by atoms with Gasteiger partial charge in [-0.3, -0.25) is 0 Å². The first-order chi connectivity index (χ1) is 9.08. The molecular weight excluding hydrogens is 232 g/mol. The minimum Gasteiger partial charge on any atom is -0.393 e. The van der Waals surface area contributed by atoms with Crippen LogP contribution in [0.3, 0.4) is 0 Å². The van der Waals surface area contributed by atoms with Gasteiger partial charge in [-0.25, -0.2) is 0 Å². The van der Waals surface area contributed by atoms with Gasteiger partial charge in [0.15, 0.2) is 0 Å². The molecule has 0 atom stereocenters. The highest BCUT2D eigenvalue weighted by molar-refractivity contribution is 5.80. The van der Waals surface area contributed by atoms with Crippen LogP contribution in [0, 0.1) is 18.3 Å². The highest BCUT2D eigenvalue weighted by atomic mass is 14.8. The van der Waals surface area contributed by atoms with E-state index >= 15 is 0 Å². The van der Waals surface area contributed by atoms with Crippen molar-refractivity contribution in [1.29, 1.82) is 5.26 Å². The number of rotatable bonds is 5. The molecule has 0 fully saturated rings. The van der Waals surface area contributed by atoms with Crippen molar-refractivity contribution in [3.05, 3.63) is 59.8 Å². The zero-order chi connectivity index (χ0) is 14.4. The molecule has 0 bridgehead atoms. The minimum absolute atomic E-state index is 0.650. The van der Waals surface area contributed by atoms with E-state index in [-0.39, 0.29) is 0 Å². The third-order valence-corrected chi connectivity index (χ3v) is 3.12. The second-order valence-corrected chi connectivity index (χ2v) is 4.37. The maximum Gasteiger partial charge on any atom is 0.0998 e. The van der Waals surface area contributed by atoms with Crippen molar-refractivity contribution in [2.75, 3.05) is 7.05 Å². The van der Waals surface area contributed by atoms with Crippen molar-refractivity contribution >= 4 is 11.1 Å². The van der Waals surface area contributed by atoms with Crippen LogP contribution in [0.25, 0.3) is 11.1 Å². The topological polar surface area (TPSA) is 35.8 Å². The van der Waals surface area contributed by atoms with E-state index in [2.05, 4.69) is 31.5 Å². The maximum atomic E-state index is 9.34. The lowest BCUT2D eigenvalue weighted by molar-refractivity contribution is 1.11. The molecule has 1 rings (SSSR count). The van der Waals surface area contributed by atoms with Gasteiger partial charge in [0.05, 0.1) is 11.6 Å². The van der Waals surface area contributed by atoms with Gasteiger partial charge < -0.3 is 5.32 Å². The summed E-state index contributed by atoms with van der Waals surface area (Å²) in [6.45, 7) is 12.0. The van der Waals surface area contributed by atoms with Crippen LogP contribution in [-0.2, 0) is 0 Å². The van der Waals surface area contributed by atoms with Crippen LogP contribution in [0.5, 0.6) is 0 Å². The van der Waals surface area contributed by atoms with Crippen molar-refractivity contribution in [3.8, 4) is 6.07 Å². The van der Waals surface area contributed by atoms with Gasteiger partial charge in [-0.05, 0) is 47.8 Å². The summed E-state index contributed by atoms with van der Waals surface area (Å²) in [7, 11) is 1.83. The first kappa shape index (κ1) is 14.8. The number of benzene rings is 1. The van der Waals surface area contributed by atoms with Crippen molar-refractivity contribution in [1.82, 2.24) is 5.32 Å². The molecule has 1 aromatic carbocycles. The lowest BCUT2D eigenvalue weighted by Crippen LogP contribution is -1.99. The summed E-state index contributed by atoms with van der Waals surface area (Å²) in [4.78, 5) is 0. The van der Waals surface area contributed by atoms with Gasteiger partial charge in [-0.15, -0.1) is 0 Å². The van der Waals surface area contributed by atoms with Gasteiger partial charge in [-0.1, -0.05) is 26.2 Å². The van der Waals surface area contributed by atoms with Gasteiger partial charge in [0, 0.05) is 18.8 Å². The summed E-state index contributed by atoms with van der Waals surface area (Å²) >= 11 is 0. The largest absolute Gasteiger partial charge is 0.393 e. The monoisotopic (exact) mass is 252 g/mol. The third-order valence-electron chi connectivity index (χ3n) is 3.12. The van der Waals surface area contributed by atoms with E-state index in [1.807, 2.05) is 32.3 Å². The second-order valence-electron chi connectivity index (χ2n) is 4.37. The van der Waals surface area contributed by atoms with E-state index in [1.54, 1.807) is 6.08 Å². The predicted molar refractivity (Wildman–Crippen MR) is 82.5 cm³/mol. The molecule has 0 aliphatic rings. The molecular formula is C17H20N2. The number of nitrogens with one attached hydrogen (secondary N) is 1. The van der Waals surface area contributed by atoms with Gasteiger partial charge in [-0.2, -0.15) is 5.26 Å². The molecule has 0 amide bonds. The maximum absolute atomic E-state index is 9.34. The fraction of sp³-hybridized carbons (Fsp3) is 0.235. The van der Waals surface area contributed by atoms with Gasteiger partial charge in [0.2, 0.25) is 0 Å². The number of hydrogen-bond donors (Lipinski definition) is 1. The number of allylic oxidation sites excluding steroid dienone is 3. The SMILES string of the molecule is C=C/C(=C\NC)c1cc(C)c(C(=C)CC)cc1C#N. The summed E-state index contributed by atoms with van der Waals surface area (Å²) in [5.74, 6) is 0. The average Bonchev–Trinajstić information content (AvgIpc) is 2.43. The Kier molecular flexibility index (Phi) is 5.14. The number of hydrogen-bond acceptors (Lipinski definition) is 2. The Morgan fingerprint density at radius 3 is 2.58 bits per heavy atom. The minimum atomic E-state index is 0.650. The molecule has 98 valence electrons. The van der Waals surface area contributed by atoms with Crippen molar-refractivity contribution in [2.24, 2.45) is 0 Å². The smallest absolute Gasteiger partial charge is 0.0998 e. The molecule has 0 aliphatic heterocycles. The molecule has 0 unspecified atom stereocenters. The fourth-order valence-corrected chi connectivity index (χ4v) is 2.01. The van der Waals surface area contributed by atoms with Crippen LogP contribution >= 0.6 is 0 Å². The van der Waals surface area contributed by atoms with Crippen molar-refractivity contribution < 1.29 is 0 Å². The molecule has 0 aromatic heterocycles. The lowest BCUT2D eigenvalue weighted by atomic mass is 9.91. The van der Waals surface area contributed by atoms with Gasteiger partial charge in [0.25, 0.3) is 0 Å². The normalized spacial score (nSPS) is 10.7. The first-order valence-electron chi connectivity index (χ1n) is 6.32. The number of nitrogens with zero attached hydrogens (tertiary/aromatic N) is 1. The Bertz CT molecular complexity index is 572. The van der Waals surface area contributed by atoms with Crippen LogP contribution < -0.4 is 5.32 Å². The van der Waals surface area contributed by atoms with E-state index in [1.165, 1.54) is 0 Å². The summed E-state index contributed by atoms with van der Waals surface area (Å²) in [5, 5.41) is 12.3. The average molecular weight is 252 g/mol. The number of aryl methyl sites for hydroxylation is 1. The Balaban J connectivity index is 3.49. The second kappa shape index (κ2) is 6.61. The Morgan fingerprint density at radius 2 is 2.11 bits per heavy atom. The van der Waals surface area contributed by atoms with Crippen molar-refractivity contribution in [2.45, 2.75) is 20.3 Å². The van der Waals surface area contributed by atoms with Crippen LogP contribution in [-0.4, -0.2) is 7.05 Å². The Hall–Kier alpha value is -2.27. The van der Waals surface area contributed by atoms with E-state index in [0.29, 0.717) is 5.56 Å². The van der Waals surface area contributed by atoms with Crippen molar-refractivity contribution in [3.63, 3.8) is 0 Å². The third kappa shape index (κ3) is 3.14. The summed E-state index contributed by atoms with van der Waals surface area (Å²) in [5.41, 5.74) is 5.71. The van der Waals surface area contributed by atoms with Gasteiger partial charge in [0.1, 0.15) is 0 Å². The summed E-state index contributed by atoms with van der Waals surface area (Å²) in [6, 6.07) is 6.21. The molecule has 1 aromatic rings. The van der Waals surface area contributed by atoms with Crippen LogP contribution in [0.1, 0.15) is 35.6 Å². The van der Waals surface area contributed by atoms with E-state index in [0.717, 1.165) is 34.3 Å². The van der Waals surface area contributed by atoms with Crippen LogP contribution in [0.2, 0.25) is 0 Å². The molecule has 0 radical (unpaired) electrons. The molecule has 2 nitrogen and oxygen atoms in total. The van der Waals surface area contributed by atoms with E-state index < -0.39 is 0 Å². The predicted octanol–water partition coefficient (Wildman–Crippen LogP) is 4.04. The first-order valence-corrected chi connectivity index (χ1v) is 6.32. The molecule has 0 heterocycles. The fourth-order valence-electron chi connectivity index (χ4n) is 2.01. The van der Waals surface area contributed by atoms with Crippen LogP contribution in [0.4, 0.5) is 0 Å². The zero-order valence-corrected chi connectivity index (χ0v) is 11.9. The highest BCUT2D eigenvalue weighted by Crippen LogP contribution is 2.27. The van der Waals surface area contributed by atoms with E-state index in [4.69, 9.17) is 0 Å². The molecule has 0 aliphatic carbocycles. The molecule has 1 N–H and O–H groups in total. The van der Waals surface area contributed by atoms with Crippen LogP contribution in [0.15, 0.2) is 37.6 Å². The molecule has 0 saturated carbocycles. The standard InChI is InChI=1S/C17H20N2/c1-6-12(3)16-9-15(10-18)17(8-13(16)4)14(7-2)11-19-5/h7-9,11,19H,2-3,6H2,1,4-5H3/b14-11+. The highest BCUT2D eigenvalue weighted by Gasteiger charge is 2.10. The lowest BCUT2D eigenvalue weighted by Gasteiger charge is -2.13. The quantitative estimate of drug-likeness (QED) is 0.803. The molecule has 0 saturated heterocycles. The van der Waals surface area contributed by atoms with E-state index in [9.17, 15) is 5.26 Å². The molecule has 19 heavy (non-hydrogen) atoms. The molecule has 2 heteroatoms. The summed E-state index contributed by atoms with van der Waals surface area (Å²) < 4.78 is 0. The van der Waals surface area contributed by atoms with Gasteiger partial charge >= 0.3 is 0 Å². The Labute approximate surface area is 115 Å². The summed E-state index contributed by atoms with van der Waals surface area (Å²) in [6.07, 6.45) is 4.48. The zero-order valence-electron chi connectivity index (χ0n) is 11.9. The number of nitriles is 1.